The molecule has 92 valence electrons. The molecule has 0 N–H and O–H groups in total. The Kier molecular flexibility index (Phi) is 5.67. The Balaban J connectivity index is 2.65. The van der Waals surface area contributed by atoms with Crippen LogP contribution in [0.5, 0.6) is 0 Å². The van der Waals surface area contributed by atoms with E-state index in [9.17, 15) is 9.59 Å². The summed E-state index contributed by atoms with van der Waals surface area (Å²) < 4.78 is 5.36. The van der Waals surface area contributed by atoms with Crippen molar-refractivity contribution in [1.29, 1.82) is 0 Å². The van der Waals surface area contributed by atoms with Crippen LogP contribution in [0.15, 0.2) is 0 Å². The lowest BCUT2D eigenvalue weighted by Gasteiger charge is -2.21. The van der Waals surface area contributed by atoms with E-state index in [0.29, 0.717) is 6.42 Å². The Hall–Kier alpha value is -0.700. The minimum absolute atomic E-state index is 0.0455. The fraction of sp³-hybridized carbons (Fsp3) is 0.846. The van der Waals surface area contributed by atoms with Gasteiger partial charge in [-0.1, -0.05) is 26.2 Å². The Morgan fingerprint density at radius 2 is 1.88 bits per heavy atom. The highest BCUT2D eigenvalue weighted by Crippen LogP contribution is 2.26. The van der Waals surface area contributed by atoms with Gasteiger partial charge in [0.1, 0.15) is 0 Å². The fourth-order valence-corrected chi connectivity index (χ4v) is 2.41. The van der Waals surface area contributed by atoms with Gasteiger partial charge in [0.05, 0.1) is 12.0 Å². The smallest absolute Gasteiger partial charge is 0.204 e. The minimum Gasteiger partial charge on any atom is -0.381 e. The number of rotatable bonds is 5. The van der Waals surface area contributed by atoms with Gasteiger partial charge < -0.3 is 4.74 Å². The third-order valence-electron chi connectivity index (χ3n) is 3.34. The van der Waals surface area contributed by atoms with E-state index in [2.05, 4.69) is 0 Å². The first-order valence-electron chi connectivity index (χ1n) is 6.30. The van der Waals surface area contributed by atoms with Gasteiger partial charge in [0.25, 0.3) is 0 Å². The summed E-state index contributed by atoms with van der Waals surface area (Å²) in [7, 11) is 1.64. The van der Waals surface area contributed by atoms with E-state index in [1.807, 2.05) is 6.92 Å². The van der Waals surface area contributed by atoms with Crippen LogP contribution in [0, 0.1) is 5.92 Å². The van der Waals surface area contributed by atoms with Gasteiger partial charge in [-0.15, -0.1) is 0 Å². The van der Waals surface area contributed by atoms with Crippen LogP contribution >= 0.6 is 0 Å². The van der Waals surface area contributed by atoms with Crippen molar-refractivity contribution in [2.45, 2.75) is 58.0 Å². The fourth-order valence-electron chi connectivity index (χ4n) is 2.41. The Bertz CT molecular complexity index is 248. The zero-order valence-corrected chi connectivity index (χ0v) is 10.3. The maximum absolute atomic E-state index is 12.0. The molecular weight excluding hydrogens is 204 g/mol. The van der Waals surface area contributed by atoms with Gasteiger partial charge in [-0.25, -0.2) is 0 Å². The first kappa shape index (κ1) is 13.4. The Morgan fingerprint density at radius 1 is 1.19 bits per heavy atom. The molecule has 0 unspecified atom stereocenters. The molecule has 0 aromatic heterocycles. The summed E-state index contributed by atoms with van der Waals surface area (Å²) >= 11 is 0. The van der Waals surface area contributed by atoms with E-state index >= 15 is 0 Å². The predicted octanol–water partition coefficient (Wildman–Crippen LogP) is 2.52. The zero-order valence-electron chi connectivity index (χ0n) is 10.3. The SMILES string of the molecule is CCCC(=O)C(=O)[C@H]1CCCCC[C@@H]1OC. The predicted molar refractivity (Wildman–Crippen MR) is 62.3 cm³/mol. The molecule has 1 rings (SSSR count). The molecule has 0 aliphatic heterocycles. The molecule has 16 heavy (non-hydrogen) atoms. The molecule has 1 saturated carbocycles. The summed E-state index contributed by atoms with van der Waals surface area (Å²) in [6.07, 6.45) is 6.08. The van der Waals surface area contributed by atoms with Crippen molar-refractivity contribution in [3.63, 3.8) is 0 Å². The second-order valence-corrected chi connectivity index (χ2v) is 4.56. The van der Waals surface area contributed by atoms with Gasteiger partial charge in [0.15, 0.2) is 5.78 Å². The second-order valence-electron chi connectivity index (χ2n) is 4.56. The maximum Gasteiger partial charge on any atom is 0.204 e. The summed E-state index contributed by atoms with van der Waals surface area (Å²) in [5.41, 5.74) is 0. The van der Waals surface area contributed by atoms with Crippen LogP contribution in [0.2, 0.25) is 0 Å². The normalized spacial score (nSPS) is 26.1. The monoisotopic (exact) mass is 226 g/mol. The summed E-state index contributed by atoms with van der Waals surface area (Å²) in [5.74, 6) is -0.599. The van der Waals surface area contributed by atoms with Crippen LogP contribution < -0.4 is 0 Å². The molecule has 2 atom stereocenters. The molecule has 1 aliphatic carbocycles. The third kappa shape index (κ3) is 3.41. The van der Waals surface area contributed by atoms with E-state index in [1.165, 1.54) is 0 Å². The highest BCUT2D eigenvalue weighted by atomic mass is 16.5. The number of hydrogen-bond donors (Lipinski definition) is 0. The van der Waals surface area contributed by atoms with Gasteiger partial charge in [-0.3, -0.25) is 9.59 Å². The molecule has 0 spiro atoms. The summed E-state index contributed by atoms with van der Waals surface area (Å²) in [5, 5.41) is 0. The van der Waals surface area contributed by atoms with Crippen molar-refractivity contribution in [2.24, 2.45) is 5.92 Å². The molecule has 1 aliphatic rings. The molecule has 0 amide bonds. The largest absolute Gasteiger partial charge is 0.381 e. The molecule has 0 bridgehead atoms. The standard InChI is InChI=1S/C13H22O3/c1-3-7-11(14)13(15)10-8-5-4-6-9-12(10)16-2/h10,12H,3-9H2,1-2H3/t10-,12-/m0/s1. The van der Waals surface area contributed by atoms with E-state index in [1.54, 1.807) is 7.11 Å². The highest BCUT2D eigenvalue weighted by molar-refractivity contribution is 6.38. The van der Waals surface area contributed by atoms with Crippen LogP contribution in [-0.2, 0) is 14.3 Å². The van der Waals surface area contributed by atoms with Crippen molar-refractivity contribution in [1.82, 2.24) is 0 Å². The first-order valence-corrected chi connectivity index (χ1v) is 6.30. The second kappa shape index (κ2) is 6.79. The molecule has 0 aromatic carbocycles. The minimum atomic E-state index is -0.212. The number of ether oxygens (including phenoxy) is 1. The number of hydrogen-bond acceptors (Lipinski definition) is 3. The molecular formula is C13H22O3. The number of Topliss-reactive ketones (excluding diaryl/α,β-unsaturated/α-hetero) is 2. The van der Waals surface area contributed by atoms with E-state index in [-0.39, 0.29) is 23.6 Å². The first-order chi connectivity index (χ1) is 7.70. The van der Waals surface area contributed by atoms with Gasteiger partial charge in [-0.2, -0.15) is 0 Å². The topological polar surface area (TPSA) is 43.4 Å². The number of carbonyl (C=O) groups is 2. The van der Waals surface area contributed by atoms with E-state index < -0.39 is 0 Å². The van der Waals surface area contributed by atoms with Crippen molar-refractivity contribution >= 4 is 11.6 Å². The molecule has 0 saturated heterocycles. The quantitative estimate of drug-likeness (QED) is 0.534. The Labute approximate surface area is 97.5 Å². The molecule has 0 aromatic rings. The van der Waals surface area contributed by atoms with Crippen LogP contribution in [0.1, 0.15) is 51.9 Å². The lowest BCUT2D eigenvalue weighted by molar-refractivity contribution is -0.142. The average Bonchev–Trinajstić information content (AvgIpc) is 2.53. The van der Waals surface area contributed by atoms with Crippen molar-refractivity contribution in [3.05, 3.63) is 0 Å². The van der Waals surface area contributed by atoms with Crippen molar-refractivity contribution in [3.8, 4) is 0 Å². The zero-order chi connectivity index (χ0) is 12.0. The summed E-state index contributed by atoms with van der Waals surface area (Å²) in [4.78, 5) is 23.6. The lowest BCUT2D eigenvalue weighted by atomic mass is 9.89. The van der Waals surface area contributed by atoms with Crippen LogP contribution in [0.25, 0.3) is 0 Å². The molecule has 0 radical (unpaired) electrons. The average molecular weight is 226 g/mol. The Morgan fingerprint density at radius 3 is 2.50 bits per heavy atom. The van der Waals surface area contributed by atoms with E-state index in [4.69, 9.17) is 4.74 Å². The molecule has 1 fully saturated rings. The van der Waals surface area contributed by atoms with Crippen LogP contribution in [-0.4, -0.2) is 24.8 Å². The van der Waals surface area contributed by atoms with Gasteiger partial charge in [0, 0.05) is 13.5 Å². The molecule has 3 heteroatoms. The van der Waals surface area contributed by atoms with Crippen molar-refractivity contribution in [2.75, 3.05) is 7.11 Å². The number of carbonyl (C=O) groups excluding carboxylic acids is 2. The third-order valence-corrected chi connectivity index (χ3v) is 3.34. The van der Waals surface area contributed by atoms with E-state index in [0.717, 1.165) is 38.5 Å². The number of ketones is 2. The number of methoxy groups -OCH3 is 1. The van der Waals surface area contributed by atoms with Crippen LogP contribution in [0.3, 0.4) is 0 Å². The highest BCUT2D eigenvalue weighted by Gasteiger charge is 2.32. The molecule has 0 heterocycles. The van der Waals surface area contributed by atoms with Crippen molar-refractivity contribution < 1.29 is 14.3 Å². The maximum atomic E-state index is 12.0. The molecule has 3 nitrogen and oxygen atoms in total. The summed E-state index contributed by atoms with van der Waals surface area (Å²) in [6.45, 7) is 1.92. The van der Waals surface area contributed by atoms with Gasteiger partial charge in [-0.05, 0) is 19.3 Å². The summed E-state index contributed by atoms with van der Waals surface area (Å²) in [6, 6.07) is 0. The lowest BCUT2D eigenvalue weighted by Crippen LogP contribution is -2.33. The van der Waals surface area contributed by atoms with Gasteiger partial charge in [0.2, 0.25) is 5.78 Å². The van der Waals surface area contributed by atoms with Gasteiger partial charge >= 0.3 is 0 Å². The van der Waals surface area contributed by atoms with Crippen LogP contribution in [0.4, 0.5) is 0 Å².